The molecule has 0 aliphatic heterocycles. The Bertz CT molecular complexity index is 1150. The van der Waals surface area contributed by atoms with Crippen LogP contribution in [-0.2, 0) is 28.6 Å². The van der Waals surface area contributed by atoms with Crippen molar-refractivity contribution in [2.45, 2.75) is 206 Å². The molecule has 0 rings (SSSR count). The highest BCUT2D eigenvalue weighted by molar-refractivity contribution is 5.70. The summed E-state index contributed by atoms with van der Waals surface area (Å²) in [6.45, 7) is 4.50. The number of carbonyl (C=O) groups excluding carboxylic acids is 3. The lowest BCUT2D eigenvalue weighted by molar-refractivity contribution is -0.889. The molecule has 0 aromatic heterocycles. The maximum Gasteiger partial charge on any atom is 0.306 e. The fourth-order valence-electron chi connectivity index (χ4n) is 6.75. The molecule has 0 aromatic rings. The fourth-order valence-corrected chi connectivity index (χ4v) is 6.75. The molecule has 59 heavy (non-hydrogen) atoms. The molecule has 0 amide bonds. The highest BCUT2D eigenvalue weighted by Gasteiger charge is 2.25. The van der Waals surface area contributed by atoms with E-state index in [4.69, 9.17) is 14.2 Å². The van der Waals surface area contributed by atoms with Gasteiger partial charge in [-0.15, -0.1) is 0 Å². The molecular weight excluding hydrogens is 739 g/mol. The maximum atomic E-state index is 12.7. The number of quaternary nitrogens is 1. The Morgan fingerprint density at radius 1 is 0.525 bits per heavy atom. The van der Waals surface area contributed by atoms with E-state index in [1.54, 1.807) is 21.1 Å². The van der Waals surface area contributed by atoms with E-state index < -0.39 is 18.1 Å². The Morgan fingerprint density at radius 3 is 1.39 bits per heavy atom. The largest absolute Gasteiger partial charge is 0.544 e. The van der Waals surface area contributed by atoms with Crippen LogP contribution in [0.15, 0.2) is 60.8 Å². The van der Waals surface area contributed by atoms with Crippen molar-refractivity contribution in [2.24, 2.45) is 0 Å². The zero-order valence-corrected chi connectivity index (χ0v) is 38.7. The van der Waals surface area contributed by atoms with Crippen molar-refractivity contribution < 1.29 is 38.2 Å². The predicted octanol–water partition coefficient (Wildman–Crippen LogP) is 12.0. The van der Waals surface area contributed by atoms with E-state index in [1.165, 1.54) is 96.3 Å². The molecule has 0 heterocycles. The third-order valence-electron chi connectivity index (χ3n) is 10.4. The third kappa shape index (κ3) is 40.2. The van der Waals surface area contributed by atoms with Crippen LogP contribution >= 0.6 is 0 Å². The Labute approximate surface area is 362 Å². The summed E-state index contributed by atoms with van der Waals surface area (Å²) in [5, 5.41) is 11.6. The standard InChI is InChI=1S/C51H89NO7/c1-6-8-10-12-14-16-18-20-22-24-26-27-29-31-33-35-37-39-41-49(53)58-46-47(45-57-44-43-48(51(55)56)52(3,4)5)59-50(54)42-40-38-36-34-32-30-28-25-23-21-19-17-15-13-11-9-7-2/h9,11,15,17,21,23,28,30,34,36,47-48H,6-8,10,12-14,16,18-20,22,24-27,29,31-33,35,37-46H2,1-5H3/b11-9+,17-15+,23-21+,30-28+,36-34+. The fraction of sp³-hybridized carbons (Fsp3) is 0.745. The molecule has 0 fully saturated rings. The second-order valence-electron chi connectivity index (χ2n) is 17.0. The van der Waals surface area contributed by atoms with Crippen LogP contribution < -0.4 is 5.11 Å². The van der Waals surface area contributed by atoms with Crippen LogP contribution in [0.1, 0.15) is 194 Å². The molecule has 0 saturated heterocycles. The molecule has 2 unspecified atom stereocenters. The van der Waals surface area contributed by atoms with Crippen LogP contribution in [-0.4, -0.2) is 75.5 Å². The van der Waals surface area contributed by atoms with Gasteiger partial charge in [-0.3, -0.25) is 9.59 Å². The highest BCUT2D eigenvalue weighted by Crippen LogP contribution is 2.15. The van der Waals surface area contributed by atoms with E-state index >= 15 is 0 Å². The molecule has 0 radical (unpaired) electrons. The number of hydrogen-bond donors (Lipinski definition) is 0. The van der Waals surface area contributed by atoms with E-state index in [-0.39, 0.29) is 49.1 Å². The topological polar surface area (TPSA) is 102 Å². The second kappa shape index (κ2) is 41.8. The molecule has 2 atom stereocenters. The van der Waals surface area contributed by atoms with Crippen molar-refractivity contribution in [1.82, 2.24) is 0 Å². The van der Waals surface area contributed by atoms with Crippen molar-refractivity contribution >= 4 is 17.9 Å². The van der Waals surface area contributed by atoms with E-state index in [0.29, 0.717) is 12.8 Å². The summed E-state index contributed by atoms with van der Waals surface area (Å²) in [5.41, 5.74) is 0. The SMILES string of the molecule is CC/C=C/C/C=C/C/C=C/C/C=C/C/C=C/CCCC(=O)OC(COCCC(C(=O)[O-])[N+](C)(C)C)COC(=O)CCCCCCCCCCCCCCCCCCCC. The van der Waals surface area contributed by atoms with Gasteiger partial charge in [0.25, 0.3) is 0 Å². The van der Waals surface area contributed by atoms with Crippen molar-refractivity contribution in [2.75, 3.05) is 41.0 Å². The molecule has 340 valence electrons. The maximum absolute atomic E-state index is 12.7. The molecule has 0 aliphatic rings. The van der Waals surface area contributed by atoms with Gasteiger partial charge in [0.2, 0.25) is 0 Å². The predicted molar refractivity (Wildman–Crippen MR) is 245 cm³/mol. The number of rotatable bonds is 42. The van der Waals surface area contributed by atoms with Crippen LogP contribution in [0.2, 0.25) is 0 Å². The number of carboxylic acid groups (broad SMARTS) is 1. The van der Waals surface area contributed by atoms with Crippen molar-refractivity contribution in [1.29, 1.82) is 0 Å². The number of ether oxygens (including phenoxy) is 3. The Morgan fingerprint density at radius 2 is 0.949 bits per heavy atom. The first-order chi connectivity index (χ1) is 28.6. The molecular formula is C51H89NO7. The zero-order chi connectivity index (χ0) is 43.5. The van der Waals surface area contributed by atoms with Gasteiger partial charge in [-0.1, -0.05) is 184 Å². The quantitative estimate of drug-likeness (QED) is 0.0261. The van der Waals surface area contributed by atoms with E-state index in [0.717, 1.165) is 57.8 Å². The molecule has 0 spiro atoms. The van der Waals surface area contributed by atoms with Gasteiger partial charge in [0.15, 0.2) is 6.10 Å². The number of hydrogen-bond acceptors (Lipinski definition) is 7. The van der Waals surface area contributed by atoms with E-state index in [2.05, 4.69) is 74.6 Å². The van der Waals surface area contributed by atoms with Gasteiger partial charge < -0.3 is 28.6 Å². The van der Waals surface area contributed by atoms with Crippen LogP contribution in [0.4, 0.5) is 0 Å². The van der Waals surface area contributed by atoms with E-state index in [1.807, 2.05) is 0 Å². The van der Waals surface area contributed by atoms with Gasteiger partial charge in [-0.2, -0.15) is 0 Å². The molecule has 8 nitrogen and oxygen atoms in total. The smallest absolute Gasteiger partial charge is 0.306 e. The number of likely N-dealkylation sites (N-methyl/N-ethyl adjacent to an activating group) is 1. The third-order valence-corrected chi connectivity index (χ3v) is 10.4. The lowest BCUT2D eigenvalue weighted by Crippen LogP contribution is -2.55. The zero-order valence-electron chi connectivity index (χ0n) is 38.7. The monoisotopic (exact) mass is 828 g/mol. The van der Waals surface area contributed by atoms with Gasteiger partial charge in [0, 0.05) is 19.3 Å². The Hall–Kier alpha value is -2.97. The molecule has 0 N–H and O–H groups in total. The minimum atomic E-state index is -1.13. The van der Waals surface area contributed by atoms with Crippen molar-refractivity contribution in [3.05, 3.63) is 60.8 Å². The number of unbranched alkanes of at least 4 members (excludes halogenated alkanes) is 18. The van der Waals surface area contributed by atoms with Gasteiger partial charge in [-0.05, 0) is 51.4 Å². The minimum absolute atomic E-state index is 0.0178. The number of carboxylic acids is 1. The van der Waals surface area contributed by atoms with Gasteiger partial charge >= 0.3 is 11.9 Å². The lowest BCUT2D eigenvalue weighted by Gasteiger charge is -2.34. The summed E-state index contributed by atoms with van der Waals surface area (Å²) in [6, 6.07) is -0.737. The summed E-state index contributed by atoms with van der Waals surface area (Å²) in [7, 11) is 5.39. The molecule has 0 aliphatic carbocycles. The van der Waals surface area contributed by atoms with Crippen LogP contribution in [0, 0.1) is 0 Å². The number of allylic oxidation sites excluding steroid dienone is 10. The van der Waals surface area contributed by atoms with Crippen molar-refractivity contribution in [3.63, 3.8) is 0 Å². The summed E-state index contributed by atoms with van der Waals surface area (Å²) < 4.78 is 17.1. The lowest BCUT2D eigenvalue weighted by atomic mass is 10.0. The minimum Gasteiger partial charge on any atom is -0.544 e. The van der Waals surface area contributed by atoms with Crippen LogP contribution in [0.3, 0.4) is 0 Å². The molecule has 0 bridgehead atoms. The summed E-state index contributed by atoms with van der Waals surface area (Å²) >= 11 is 0. The summed E-state index contributed by atoms with van der Waals surface area (Å²) in [6.07, 6.45) is 51.1. The van der Waals surface area contributed by atoms with Gasteiger partial charge in [0.05, 0.1) is 40.3 Å². The molecule has 0 aromatic carbocycles. The molecule has 0 saturated carbocycles. The van der Waals surface area contributed by atoms with Gasteiger partial charge in [0.1, 0.15) is 12.6 Å². The van der Waals surface area contributed by atoms with Gasteiger partial charge in [-0.25, -0.2) is 0 Å². The Kier molecular flexibility index (Phi) is 39.6. The normalized spacial score (nSPS) is 13.4. The molecule has 8 heteroatoms. The average molecular weight is 828 g/mol. The average Bonchev–Trinajstić information content (AvgIpc) is 3.19. The van der Waals surface area contributed by atoms with E-state index in [9.17, 15) is 19.5 Å². The highest BCUT2D eigenvalue weighted by atomic mass is 16.6. The number of nitrogens with zero attached hydrogens (tertiary/aromatic N) is 1. The van der Waals surface area contributed by atoms with Crippen LogP contribution in [0.5, 0.6) is 0 Å². The first-order valence-corrected chi connectivity index (χ1v) is 23.8. The van der Waals surface area contributed by atoms with Crippen molar-refractivity contribution in [3.8, 4) is 0 Å². The second-order valence-corrected chi connectivity index (χ2v) is 17.0. The Balaban J connectivity index is 4.37. The first-order valence-electron chi connectivity index (χ1n) is 23.8. The van der Waals surface area contributed by atoms with Crippen LogP contribution in [0.25, 0.3) is 0 Å². The number of esters is 2. The number of aliphatic carboxylic acids is 1. The summed E-state index contributed by atoms with van der Waals surface area (Å²) in [5.74, 6) is -1.81. The first kappa shape index (κ1) is 56.0. The number of carbonyl (C=O) groups is 3. The summed E-state index contributed by atoms with van der Waals surface area (Å²) in [4.78, 5) is 36.9.